The monoisotopic (exact) mass is 358 g/mol. The molecule has 0 amide bonds. The second-order valence-electron chi connectivity index (χ2n) is 4.78. The summed E-state index contributed by atoms with van der Waals surface area (Å²) in [5.74, 6) is 0.940. The fourth-order valence-corrected chi connectivity index (χ4v) is 3.83. The van der Waals surface area contributed by atoms with Crippen molar-refractivity contribution in [1.29, 1.82) is 0 Å². The van der Waals surface area contributed by atoms with Crippen LogP contribution in [0.5, 0.6) is 11.5 Å². The third kappa shape index (κ3) is 5.24. The van der Waals surface area contributed by atoms with E-state index in [4.69, 9.17) is 32.2 Å². The predicted octanol–water partition coefficient (Wildman–Crippen LogP) is 6.44. The van der Waals surface area contributed by atoms with Crippen LogP contribution in [-0.4, -0.2) is 6.16 Å². The molecule has 0 heterocycles. The maximum Gasteiger partial charge on any atom is 0.430 e. The molecule has 22 heavy (non-hydrogen) atoms. The first-order chi connectivity index (χ1) is 10.5. The van der Waals surface area contributed by atoms with E-state index in [2.05, 4.69) is 0 Å². The van der Waals surface area contributed by atoms with Crippen molar-refractivity contribution in [2.75, 3.05) is 6.16 Å². The Kier molecular flexibility index (Phi) is 6.19. The third-order valence-electron chi connectivity index (χ3n) is 2.90. The van der Waals surface area contributed by atoms with E-state index in [1.165, 1.54) is 0 Å². The molecule has 0 N–H and O–H groups in total. The van der Waals surface area contributed by atoms with Gasteiger partial charge in [0.15, 0.2) is 0 Å². The van der Waals surface area contributed by atoms with Gasteiger partial charge in [0.05, 0.1) is 6.16 Å². The lowest BCUT2D eigenvalue weighted by molar-refractivity contribution is 0.384. The van der Waals surface area contributed by atoms with Crippen molar-refractivity contribution >= 4 is 30.8 Å². The van der Waals surface area contributed by atoms with Crippen LogP contribution in [-0.2, 0) is 4.57 Å². The van der Waals surface area contributed by atoms with Crippen LogP contribution >= 0.6 is 30.8 Å². The SMILES string of the molecule is CCCCP(=O)(Oc1ccc(Cl)cc1)Oc1ccc(Cl)cc1. The van der Waals surface area contributed by atoms with Crippen molar-refractivity contribution in [3.05, 3.63) is 58.6 Å². The molecule has 3 nitrogen and oxygen atoms in total. The molecule has 0 saturated heterocycles. The van der Waals surface area contributed by atoms with Crippen molar-refractivity contribution in [2.24, 2.45) is 0 Å². The van der Waals surface area contributed by atoms with Crippen molar-refractivity contribution in [1.82, 2.24) is 0 Å². The molecule has 0 aliphatic carbocycles. The lowest BCUT2D eigenvalue weighted by Gasteiger charge is -2.20. The highest BCUT2D eigenvalue weighted by molar-refractivity contribution is 7.54. The second kappa shape index (κ2) is 7.92. The Hall–Kier alpha value is -1.15. The van der Waals surface area contributed by atoms with Crippen molar-refractivity contribution in [3.8, 4) is 11.5 Å². The highest BCUT2D eigenvalue weighted by Crippen LogP contribution is 2.49. The number of hydrogen-bond donors (Lipinski definition) is 0. The van der Waals surface area contributed by atoms with Gasteiger partial charge in [-0.05, 0) is 55.0 Å². The first-order valence-corrected chi connectivity index (χ1v) is 9.48. The van der Waals surface area contributed by atoms with Crippen LogP contribution in [0.15, 0.2) is 48.5 Å². The highest BCUT2D eigenvalue weighted by Gasteiger charge is 2.27. The Labute approximate surface area is 140 Å². The van der Waals surface area contributed by atoms with Crippen LogP contribution in [0.3, 0.4) is 0 Å². The first-order valence-electron chi connectivity index (χ1n) is 7.00. The summed E-state index contributed by atoms with van der Waals surface area (Å²) in [4.78, 5) is 0. The number of hydrogen-bond acceptors (Lipinski definition) is 3. The topological polar surface area (TPSA) is 35.5 Å². The lowest BCUT2D eigenvalue weighted by atomic mass is 10.3. The molecule has 0 spiro atoms. The van der Waals surface area contributed by atoms with E-state index in [0.29, 0.717) is 27.7 Å². The molecule has 2 rings (SSSR count). The van der Waals surface area contributed by atoms with E-state index in [0.717, 1.165) is 12.8 Å². The Morgan fingerprint density at radius 3 is 1.64 bits per heavy atom. The zero-order chi connectivity index (χ0) is 16.0. The van der Waals surface area contributed by atoms with Crippen molar-refractivity contribution < 1.29 is 13.6 Å². The zero-order valence-corrected chi connectivity index (χ0v) is 14.6. The number of unbranched alkanes of at least 4 members (excludes halogenated alkanes) is 1. The Bertz CT molecular complexity index is 590. The molecule has 0 saturated carbocycles. The van der Waals surface area contributed by atoms with Gasteiger partial charge in [-0.3, -0.25) is 0 Å². The minimum atomic E-state index is -3.30. The molecule has 0 bridgehead atoms. The number of rotatable bonds is 7. The molecule has 0 unspecified atom stereocenters. The molecule has 0 radical (unpaired) electrons. The van der Waals surface area contributed by atoms with Gasteiger partial charge in [-0.1, -0.05) is 36.5 Å². The summed E-state index contributed by atoms with van der Waals surface area (Å²) >= 11 is 11.7. The van der Waals surface area contributed by atoms with E-state index < -0.39 is 7.60 Å². The van der Waals surface area contributed by atoms with E-state index in [-0.39, 0.29) is 0 Å². The van der Waals surface area contributed by atoms with E-state index in [9.17, 15) is 4.57 Å². The summed E-state index contributed by atoms with van der Waals surface area (Å²) in [6.45, 7) is 2.02. The van der Waals surface area contributed by atoms with Gasteiger partial charge in [0.1, 0.15) is 11.5 Å². The van der Waals surface area contributed by atoms with E-state index in [1.54, 1.807) is 48.5 Å². The Balaban J connectivity index is 2.17. The molecule has 6 heteroatoms. The first kappa shape index (κ1) is 17.2. The highest BCUT2D eigenvalue weighted by atomic mass is 35.5. The second-order valence-corrected chi connectivity index (χ2v) is 7.69. The molecular formula is C16H17Cl2O3P. The van der Waals surface area contributed by atoms with Crippen LogP contribution < -0.4 is 9.05 Å². The average Bonchev–Trinajstić information content (AvgIpc) is 2.50. The fraction of sp³-hybridized carbons (Fsp3) is 0.250. The summed E-state index contributed by atoms with van der Waals surface area (Å²) in [6.07, 6.45) is 1.99. The fourth-order valence-electron chi connectivity index (χ4n) is 1.77. The van der Waals surface area contributed by atoms with E-state index in [1.807, 2.05) is 6.92 Å². The summed E-state index contributed by atoms with van der Waals surface area (Å²) < 4.78 is 24.2. The van der Waals surface area contributed by atoms with Gasteiger partial charge < -0.3 is 9.05 Å². The summed E-state index contributed by atoms with van der Waals surface area (Å²) in [5, 5.41) is 1.18. The summed E-state index contributed by atoms with van der Waals surface area (Å²) in [5.41, 5.74) is 0. The normalized spacial score (nSPS) is 11.2. The van der Waals surface area contributed by atoms with Crippen LogP contribution in [0.1, 0.15) is 19.8 Å². The molecule has 0 aliphatic rings. The number of benzene rings is 2. The van der Waals surface area contributed by atoms with Crippen molar-refractivity contribution in [3.63, 3.8) is 0 Å². The van der Waals surface area contributed by atoms with Gasteiger partial charge in [-0.15, -0.1) is 0 Å². The Morgan fingerprint density at radius 1 is 0.864 bits per heavy atom. The minimum Gasteiger partial charge on any atom is -0.416 e. The zero-order valence-electron chi connectivity index (χ0n) is 12.2. The molecule has 2 aromatic carbocycles. The molecule has 118 valence electrons. The maximum atomic E-state index is 13.0. The average molecular weight is 359 g/mol. The van der Waals surface area contributed by atoms with Crippen LogP contribution in [0.2, 0.25) is 10.0 Å². The lowest BCUT2D eigenvalue weighted by Crippen LogP contribution is -2.05. The molecule has 0 aromatic heterocycles. The molecule has 2 aromatic rings. The third-order valence-corrected chi connectivity index (χ3v) is 5.25. The van der Waals surface area contributed by atoms with Gasteiger partial charge in [0, 0.05) is 10.0 Å². The maximum absolute atomic E-state index is 13.0. The number of halogens is 2. The van der Waals surface area contributed by atoms with Gasteiger partial charge >= 0.3 is 7.60 Å². The van der Waals surface area contributed by atoms with Crippen LogP contribution in [0, 0.1) is 0 Å². The predicted molar refractivity (Wildman–Crippen MR) is 91.5 cm³/mol. The largest absolute Gasteiger partial charge is 0.430 e. The molecule has 0 atom stereocenters. The Morgan fingerprint density at radius 2 is 1.27 bits per heavy atom. The smallest absolute Gasteiger partial charge is 0.416 e. The standard InChI is InChI=1S/C16H17Cl2O3P/c1-2-3-12-22(19,20-15-8-4-13(17)5-9-15)21-16-10-6-14(18)7-11-16/h4-11H,2-3,12H2,1H3. The van der Waals surface area contributed by atoms with Gasteiger partial charge in [-0.2, -0.15) is 0 Å². The van der Waals surface area contributed by atoms with Gasteiger partial charge in [-0.25, -0.2) is 4.57 Å². The van der Waals surface area contributed by atoms with Gasteiger partial charge in [0.25, 0.3) is 0 Å². The molecule has 0 aliphatic heterocycles. The molecule has 0 fully saturated rings. The molecular weight excluding hydrogens is 342 g/mol. The van der Waals surface area contributed by atoms with Gasteiger partial charge in [0.2, 0.25) is 0 Å². The quantitative estimate of drug-likeness (QED) is 0.533. The van der Waals surface area contributed by atoms with Crippen LogP contribution in [0.25, 0.3) is 0 Å². The summed E-state index contributed by atoms with van der Waals surface area (Å²) in [6, 6.07) is 13.4. The van der Waals surface area contributed by atoms with Crippen molar-refractivity contribution in [2.45, 2.75) is 19.8 Å². The minimum absolute atomic E-state index is 0.342. The van der Waals surface area contributed by atoms with E-state index >= 15 is 0 Å². The van der Waals surface area contributed by atoms with Crippen LogP contribution in [0.4, 0.5) is 0 Å². The summed E-state index contributed by atoms with van der Waals surface area (Å²) in [7, 11) is -3.30.